The van der Waals surface area contributed by atoms with Gasteiger partial charge in [0.1, 0.15) is 11.6 Å². The largest absolute Gasteiger partial charge is 0.416 e. The molecule has 2 amide bonds. The van der Waals surface area contributed by atoms with Gasteiger partial charge in [-0.15, -0.1) is 0 Å². The third kappa shape index (κ3) is 4.70. The van der Waals surface area contributed by atoms with Gasteiger partial charge in [-0.1, -0.05) is 11.6 Å². The van der Waals surface area contributed by atoms with Crippen LogP contribution in [0.4, 0.5) is 27.6 Å². The van der Waals surface area contributed by atoms with Crippen LogP contribution < -0.4 is 10.6 Å². The van der Waals surface area contributed by atoms with E-state index in [9.17, 15) is 31.5 Å². The molecule has 0 aromatic heterocycles. The molecule has 3 aromatic rings. The van der Waals surface area contributed by atoms with Gasteiger partial charge >= 0.3 is 6.18 Å². The number of nitriles is 1. The van der Waals surface area contributed by atoms with Crippen molar-refractivity contribution in [3.05, 3.63) is 98.6 Å². The Morgan fingerprint density at radius 2 is 1.79 bits per heavy atom. The summed E-state index contributed by atoms with van der Waals surface area (Å²) in [5.41, 5.74) is -0.587. The smallest absolute Gasteiger partial charge is 0.341 e. The van der Waals surface area contributed by atoms with Crippen molar-refractivity contribution in [2.45, 2.75) is 31.0 Å². The zero-order chi connectivity index (χ0) is 27.4. The minimum absolute atomic E-state index is 0.0735. The summed E-state index contributed by atoms with van der Waals surface area (Å²) in [4.78, 5) is 26.0. The first-order chi connectivity index (χ1) is 17.9. The molecule has 3 aromatic carbocycles. The minimum Gasteiger partial charge on any atom is -0.341 e. The van der Waals surface area contributed by atoms with Crippen molar-refractivity contribution in [2.24, 2.45) is 5.92 Å². The number of hydrogen-bond acceptors (Lipinski definition) is 3. The van der Waals surface area contributed by atoms with Crippen LogP contribution in [0.2, 0.25) is 5.02 Å². The molecule has 1 saturated carbocycles. The highest BCUT2D eigenvalue weighted by Gasteiger charge is 2.38. The third-order valence-electron chi connectivity index (χ3n) is 6.81. The number of carbonyl (C=O) groups is 2. The van der Waals surface area contributed by atoms with Crippen LogP contribution >= 0.6 is 11.6 Å². The second kappa shape index (κ2) is 9.40. The number of alkyl halides is 3. The number of benzene rings is 3. The molecule has 5 rings (SSSR count). The highest BCUT2D eigenvalue weighted by atomic mass is 35.5. The van der Waals surface area contributed by atoms with Crippen LogP contribution in [0, 0.1) is 28.9 Å². The quantitative estimate of drug-likeness (QED) is 0.356. The van der Waals surface area contributed by atoms with E-state index in [1.165, 1.54) is 6.07 Å². The van der Waals surface area contributed by atoms with Gasteiger partial charge in [-0.2, -0.15) is 18.4 Å². The van der Waals surface area contributed by atoms with E-state index in [4.69, 9.17) is 16.9 Å². The van der Waals surface area contributed by atoms with Crippen LogP contribution in [0.15, 0.2) is 48.5 Å². The summed E-state index contributed by atoms with van der Waals surface area (Å²) in [7, 11) is 0. The summed E-state index contributed by atoms with van der Waals surface area (Å²) in [5.74, 6) is -3.68. The van der Waals surface area contributed by atoms with Crippen molar-refractivity contribution < 1.29 is 31.5 Å². The monoisotopic (exact) mass is 545 g/mol. The number of nitrogens with zero attached hydrogens (tertiary/aromatic N) is 1. The second-order valence-electron chi connectivity index (χ2n) is 9.28. The Morgan fingerprint density at radius 1 is 1.05 bits per heavy atom. The standard InChI is InChI=1S/C27H17ClF5N3O2/c28-21-2-1-17(29)10-19(21)24-23-20(26(38)36-24)7-14(13-3-12(4-13)11-34)8-22(23)35-25(37)15-5-16(27(31,32)33)9-18(30)6-15/h1-2,5-10,12-13,24H,3-4H2,(H,35,37)(H,36,38)/t12?,13?,24-/m0/s1. The number of hydrogen-bond donors (Lipinski definition) is 2. The molecular weight excluding hydrogens is 529 g/mol. The average molecular weight is 546 g/mol. The van der Waals surface area contributed by atoms with Gasteiger partial charge in [0, 0.05) is 38.9 Å². The van der Waals surface area contributed by atoms with Crippen molar-refractivity contribution in [1.29, 1.82) is 5.26 Å². The van der Waals surface area contributed by atoms with Crippen LogP contribution in [-0.2, 0) is 6.18 Å². The Bertz CT molecular complexity index is 1530. The van der Waals surface area contributed by atoms with Crippen LogP contribution in [0.1, 0.15) is 67.8 Å². The lowest BCUT2D eigenvalue weighted by molar-refractivity contribution is -0.137. The Kier molecular flexibility index (Phi) is 6.35. The fourth-order valence-corrected chi connectivity index (χ4v) is 5.06. The van der Waals surface area contributed by atoms with E-state index in [0.717, 1.165) is 12.1 Å². The van der Waals surface area contributed by atoms with E-state index in [-0.39, 0.29) is 45.3 Å². The van der Waals surface area contributed by atoms with Crippen molar-refractivity contribution in [1.82, 2.24) is 5.32 Å². The van der Waals surface area contributed by atoms with E-state index in [0.29, 0.717) is 30.5 Å². The highest BCUT2D eigenvalue weighted by molar-refractivity contribution is 6.31. The molecule has 1 heterocycles. The van der Waals surface area contributed by atoms with E-state index >= 15 is 0 Å². The molecule has 2 N–H and O–H groups in total. The summed E-state index contributed by atoms with van der Waals surface area (Å²) in [6, 6.07) is 9.44. The zero-order valence-electron chi connectivity index (χ0n) is 19.3. The lowest BCUT2D eigenvalue weighted by Crippen LogP contribution is -2.22. The van der Waals surface area contributed by atoms with Crippen LogP contribution in [-0.4, -0.2) is 11.8 Å². The SMILES string of the molecule is N#CC1CC(c2cc(NC(=O)c3cc(F)cc(C(F)(F)F)c3)c3c(c2)C(=O)N[C@H]3c2cc(F)ccc2Cl)C1. The molecule has 0 spiro atoms. The van der Waals surface area contributed by atoms with E-state index in [1.807, 2.05) is 0 Å². The van der Waals surface area contributed by atoms with Gasteiger partial charge in [0.15, 0.2) is 0 Å². The molecule has 0 bridgehead atoms. The van der Waals surface area contributed by atoms with Crippen molar-refractivity contribution in [3.8, 4) is 6.07 Å². The summed E-state index contributed by atoms with van der Waals surface area (Å²) in [5, 5.41) is 14.5. The fraction of sp³-hybridized carbons (Fsp3) is 0.222. The first-order valence-electron chi connectivity index (χ1n) is 11.5. The normalized spacial score (nSPS) is 20.2. The highest BCUT2D eigenvalue weighted by Crippen LogP contribution is 2.46. The van der Waals surface area contributed by atoms with Crippen molar-refractivity contribution in [3.63, 3.8) is 0 Å². The Balaban J connectivity index is 1.60. The van der Waals surface area contributed by atoms with E-state index in [2.05, 4.69) is 16.7 Å². The molecular formula is C27H17ClF5N3O2. The summed E-state index contributed by atoms with van der Waals surface area (Å²) in [6.07, 6.45) is -3.82. The third-order valence-corrected chi connectivity index (χ3v) is 7.15. The average Bonchev–Trinajstić information content (AvgIpc) is 3.15. The van der Waals surface area contributed by atoms with Crippen LogP contribution in [0.3, 0.4) is 0 Å². The Morgan fingerprint density at radius 3 is 2.47 bits per heavy atom. The minimum atomic E-state index is -4.88. The Hall–Kier alpha value is -3.97. The molecule has 0 saturated heterocycles. The number of anilines is 1. The molecule has 38 heavy (non-hydrogen) atoms. The number of fused-ring (bicyclic) bond motifs is 1. The maximum absolute atomic E-state index is 14.1. The maximum Gasteiger partial charge on any atom is 0.416 e. The van der Waals surface area contributed by atoms with Gasteiger partial charge in [0.25, 0.3) is 11.8 Å². The van der Waals surface area contributed by atoms with E-state index in [1.54, 1.807) is 12.1 Å². The lowest BCUT2D eigenvalue weighted by Gasteiger charge is -2.31. The van der Waals surface area contributed by atoms with Gasteiger partial charge in [-0.3, -0.25) is 9.59 Å². The Labute approximate surface area is 218 Å². The molecule has 5 nitrogen and oxygen atoms in total. The molecule has 2 aliphatic rings. The predicted octanol–water partition coefficient (Wildman–Crippen LogP) is 6.74. The van der Waals surface area contributed by atoms with Crippen LogP contribution in [0.5, 0.6) is 0 Å². The number of nitrogens with one attached hydrogen (secondary N) is 2. The summed E-state index contributed by atoms with van der Waals surface area (Å²) in [6.45, 7) is 0. The maximum atomic E-state index is 14.1. The predicted molar refractivity (Wildman–Crippen MR) is 128 cm³/mol. The molecule has 1 atom stereocenters. The van der Waals surface area contributed by atoms with E-state index < -0.39 is 46.8 Å². The number of halogens is 6. The summed E-state index contributed by atoms with van der Waals surface area (Å²) < 4.78 is 67.7. The topological polar surface area (TPSA) is 82.0 Å². The van der Waals surface area contributed by atoms with Gasteiger partial charge < -0.3 is 10.6 Å². The van der Waals surface area contributed by atoms with Crippen LogP contribution in [0.25, 0.3) is 0 Å². The molecule has 11 heteroatoms. The number of carbonyl (C=O) groups excluding carboxylic acids is 2. The van der Waals surface area contributed by atoms with Gasteiger partial charge in [-0.25, -0.2) is 8.78 Å². The molecule has 0 unspecified atom stereocenters. The number of amides is 2. The molecule has 194 valence electrons. The molecule has 1 fully saturated rings. The second-order valence-corrected chi connectivity index (χ2v) is 9.68. The molecule has 1 aliphatic carbocycles. The molecule has 0 radical (unpaired) electrons. The van der Waals surface area contributed by atoms with Gasteiger partial charge in [0.2, 0.25) is 0 Å². The van der Waals surface area contributed by atoms with Crippen molar-refractivity contribution >= 4 is 29.1 Å². The van der Waals surface area contributed by atoms with Crippen molar-refractivity contribution in [2.75, 3.05) is 5.32 Å². The molecule has 1 aliphatic heterocycles. The number of rotatable bonds is 4. The summed E-state index contributed by atoms with van der Waals surface area (Å²) >= 11 is 6.28. The lowest BCUT2D eigenvalue weighted by atomic mass is 9.71. The van der Waals surface area contributed by atoms with Gasteiger partial charge in [-0.05, 0) is 72.9 Å². The first-order valence-corrected chi connectivity index (χ1v) is 11.8. The zero-order valence-corrected chi connectivity index (χ0v) is 20.1. The first kappa shape index (κ1) is 25.7. The fourth-order valence-electron chi connectivity index (χ4n) is 4.84. The van der Waals surface area contributed by atoms with Gasteiger partial charge in [0.05, 0.1) is 17.7 Å².